The lowest BCUT2D eigenvalue weighted by molar-refractivity contribution is 0.0111. The first-order chi connectivity index (χ1) is 7.72. The summed E-state index contributed by atoms with van der Waals surface area (Å²) in [4.78, 5) is 0. The second-order valence-electron chi connectivity index (χ2n) is 3.91. The number of aliphatic hydroxyl groups is 1. The summed E-state index contributed by atoms with van der Waals surface area (Å²) in [6.45, 7) is 2.29. The van der Waals surface area contributed by atoms with Crippen molar-refractivity contribution < 1.29 is 9.84 Å². The highest BCUT2D eigenvalue weighted by Crippen LogP contribution is 2.10. The summed E-state index contributed by atoms with van der Waals surface area (Å²) in [6, 6.07) is 9.94. The zero-order valence-corrected chi connectivity index (χ0v) is 9.60. The molecule has 0 amide bonds. The van der Waals surface area contributed by atoms with Crippen LogP contribution in [0.3, 0.4) is 0 Å². The third kappa shape index (κ3) is 4.97. The van der Waals surface area contributed by atoms with Gasteiger partial charge in [-0.1, -0.05) is 30.3 Å². The molecule has 0 unspecified atom stereocenters. The Morgan fingerprint density at radius 2 is 2.06 bits per heavy atom. The number of benzene rings is 1. The van der Waals surface area contributed by atoms with Gasteiger partial charge in [-0.2, -0.15) is 0 Å². The molecule has 1 aromatic rings. The van der Waals surface area contributed by atoms with Gasteiger partial charge in [-0.15, -0.1) is 12.3 Å². The Bertz CT molecular complexity index is 324. The number of hydrogen-bond acceptors (Lipinski definition) is 2. The topological polar surface area (TPSA) is 29.5 Å². The van der Waals surface area contributed by atoms with Gasteiger partial charge in [0.2, 0.25) is 0 Å². The van der Waals surface area contributed by atoms with Crippen molar-refractivity contribution in [3.8, 4) is 12.3 Å². The molecule has 2 atom stereocenters. The second kappa shape index (κ2) is 7.05. The van der Waals surface area contributed by atoms with Gasteiger partial charge in [0.05, 0.1) is 18.8 Å². The largest absolute Gasteiger partial charge is 0.393 e. The first-order valence-corrected chi connectivity index (χ1v) is 5.49. The zero-order chi connectivity index (χ0) is 11.8. The summed E-state index contributed by atoms with van der Waals surface area (Å²) < 4.78 is 5.68. The molecule has 0 saturated heterocycles. The van der Waals surface area contributed by atoms with Crippen LogP contribution in [-0.4, -0.2) is 17.3 Å². The van der Waals surface area contributed by atoms with Crippen LogP contribution in [0, 0.1) is 12.3 Å². The van der Waals surface area contributed by atoms with Crippen molar-refractivity contribution in [1.29, 1.82) is 0 Å². The molecular weight excluding hydrogens is 200 g/mol. The summed E-state index contributed by atoms with van der Waals surface area (Å²) in [5, 5.41) is 9.30. The van der Waals surface area contributed by atoms with E-state index in [0.717, 1.165) is 5.56 Å². The van der Waals surface area contributed by atoms with Gasteiger partial charge in [-0.25, -0.2) is 0 Å². The number of rotatable bonds is 6. The zero-order valence-electron chi connectivity index (χ0n) is 9.60. The van der Waals surface area contributed by atoms with Gasteiger partial charge in [0.15, 0.2) is 0 Å². The highest BCUT2D eigenvalue weighted by Gasteiger charge is 2.11. The Labute approximate surface area is 97.3 Å². The molecular formula is C14H18O2. The normalized spacial score (nSPS) is 14.1. The van der Waals surface area contributed by atoms with Gasteiger partial charge in [0.25, 0.3) is 0 Å². The van der Waals surface area contributed by atoms with Gasteiger partial charge in [0.1, 0.15) is 0 Å². The average Bonchev–Trinajstić information content (AvgIpc) is 2.27. The van der Waals surface area contributed by atoms with Crippen molar-refractivity contribution in [3.05, 3.63) is 35.9 Å². The number of aliphatic hydroxyl groups excluding tert-OH is 1. The minimum atomic E-state index is -0.380. The van der Waals surface area contributed by atoms with E-state index in [2.05, 4.69) is 5.92 Å². The fraction of sp³-hybridized carbons (Fsp3) is 0.429. The molecule has 1 N–H and O–H groups in total. The molecule has 2 nitrogen and oxygen atoms in total. The Hall–Kier alpha value is -1.30. The quantitative estimate of drug-likeness (QED) is 0.743. The molecule has 16 heavy (non-hydrogen) atoms. The van der Waals surface area contributed by atoms with Gasteiger partial charge in [0, 0.05) is 12.8 Å². The summed E-state index contributed by atoms with van der Waals surface area (Å²) >= 11 is 0. The minimum absolute atomic E-state index is 0.0646. The first kappa shape index (κ1) is 12.8. The van der Waals surface area contributed by atoms with Crippen molar-refractivity contribution in [3.63, 3.8) is 0 Å². The summed E-state index contributed by atoms with van der Waals surface area (Å²) in [5.74, 6) is 2.57. The predicted molar refractivity (Wildman–Crippen MR) is 64.8 cm³/mol. The van der Waals surface area contributed by atoms with Gasteiger partial charge >= 0.3 is 0 Å². The summed E-state index contributed by atoms with van der Waals surface area (Å²) in [6.07, 6.45) is 5.94. The van der Waals surface area contributed by atoms with E-state index in [1.165, 1.54) is 0 Å². The van der Waals surface area contributed by atoms with E-state index in [9.17, 15) is 5.11 Å². The maximum Gasteiger partial charge on any atom is 0.0721 e. The third-order valence-electron chi connectivity index (χ3n) is 2.28. The number of ether oxygens (including phenoxy) is 1. The lowest BCUT2D eigenvalue weighted by Gasteiger charge is -2.17. The molecule has 2 heteroatoms. The monoisotopic (exact) mass is 218 g/mol. The molecule has 0 aliphatic heterocycles. The van der Waals surface area contributed by atoms with Gasteiger partial charge in [-0.05, 0) is 12.5 Å². The number of hydrogen-bond donors (Lipinski definition) is 1. The van der Waals surface area contributed by atoms with Crippen LogP contribution in [-0.2, 0) is 11.3 Å². The fourth-order valence-corrected chi connectivity index (χ4v) is 1.51. The minimum Gasteiger partial charge on any atom is -0.393 e. The van der Waals surface area contributed by atoms with Crippen LogP contribution in [0.2, 0.25) is 0 Å². The Morgan fingerprint density at radius 1 is 1.38 bits per heavy atom. The molecule has 0 bridgehead atoms. The molecule has 0 fully saturated rings. The molecule has 86 valence electrons. The average molecular weight is 218 g/mol. The fourth-order valence-electron chi connectivity index (χ4n) is 1.51. The molecule has 0 radical (unpaired) electrons. The summed E-state index contributed by atoms with van der Waals surface area (Å²) in [5.41, 5.74) is 1.12. The highest BCUT2D eigenvalue weighted by atomic mass is 16.5. The smallest absolute Gasteiger partial charge is 0.0721 e. The van der Waals surface area contributed by atoms with E-state index in [1.54, 1.807) is 6.92 Å². The molecule has 0 saturated carbocycles. The van der Waals surface area contributed by atoms with Crippen molar-refractivity contribution in [2.75, 3.05) is 0 Å². The maximum atomic E-state index is 9.30. The number of terminal acetylenes is 1. The van der Waals surface area contributed by atoms with Crippen LogP contribution in [0.1, 0.15) is 25.3 Å². The molecule has 0 heterocycles. The summed E-state index contributed by atoms with van der Waals surface area (Å²) in [7, 11) is 0. The van der Waals surface area contributed by atoms with E-state index in [4.69, 9.17) is 11.2 Å². The molecule has 1 aromatic carbocycles. The van der Waals surface area contributed by atoms with E-state index in [1.807, 2.05) is 30.3 Å². The molecule has 0 aliphatic carbocycles. The van der Waals surface area contributed by atoms with E-state index in [0.29, 0.717) is 19.4 Å². The van der Waals surface area contributed by atoms with Crippen molar-refractivity contribution in [2.24, 2.45) is 0 Å². The van der Waals surface area contributed by atoms with Gasteiger partial charge < -0.3 is 9.84 Å². The molecule has 0 aromatic heterocycles. The van der Waals surface area contributed by atoms with Crippen LogP contribution in [0.25, 0.3) is 0 Å². The van der Waals surface area contributed by atoms with Crippen LogP contribution < -0.4 is 0 Å². The van der Waals surface area contributed by atoms with E-state index < -0.39 is 0 Å². The third-order valence-corrected chi connectivity index (χ3v) is 2.28. The molecule has 0 aliphatic rings. The van der Waals surface area contributed by atoms with Crippen molar-refractivity contribution in [2.45, 2.75) is 38.6 Å². The Kier molecular flexibility index (Phi) is 5.63. The first-order valence-electron chi connectivity index (χ1n) is 5.49. The standard InChI is InChI=1S/C14H18O2/c1-3-7-14(10-12(2)15)16-11-13-8-5-4-6-9-13/h1,4-6,8-9,12,14-15H,7,10-11H2,2H3/t12-,14-/m0/s1. The van der Waals surface area contributed by atoms with Gasteiger partial charge in [-0.3, -0.25) is 0 Å². The maximum absolute atomic E-state index is 9.30. The van der Waals surface area contributed by atoms with Crippen LogP contribution in [0.5, 0.6) is 0 Å². The lowest BCUT2D eigenvalue weighted by atomic mass is 10.1. The SMILES string of the molecule is C#CC[C@@H](C[C@H](C)O)OCc1ccccc1. The van der Waals surface area contributed by atoms with Crippen LogP contribution in [0.4, 0.5) is 0 Å². The van der Waals surface area contributed by atoms with E-state index in [-0.39, 0.29) is 12.2 Å². The Balaban J connectivity index is 2.41. The predicted octanol–water partition coefficient (Wildman–Crippen LogP) is 2.37. The Morgan fingerprint density at radius 3 is 2.62 bits per heavy atom. The lowest BCUT2D eigenvalue weighted by Crippen LogP contribution is -2.18. The van der Waals surface area contributed by atoms with Crippen molar-refractivity contribution >= 4 is 0 Å². The molecule has 0 spiro atoms. The second-order valence-corrected chi connectivity index (χ2v) is 3.91. The van der Waals surface area contributed by atoms with Crippen LogP contribution in [0.15, 0.2) is 30.3 Å². The molecule has 1 rings (SSSR count). The van der Waals surface area contributed by atoms with Crippen molar-refractivity contribution in [1.82, 2.24) is 0 Å². The highest BCUT2D eigenvalue weighted by molar-refractivity contribution is 5.13. The van der Waals surface area contributed by atoms with Crippen LogP contribution >= 0.6 is 0 Å². The van der Waals surface area contributed by atoms with E-state index >= 15 is 0 Å².